The van der Waals surface area contributed by atoms with Gasteiger partial charge in [0.25, 0.3) is 0 Å². The number of carbonyl (C=O) groups is 2. The summed E-state index contributed by atoms with van der Waals surface area (Å²) in [4.78, 5) is 22.8. The number of rotatable bonds is 5. The Balaban J connectivity index is 2.32. The first-order chi connectivity index (χ1) is 10.4. The fourth-order valence-electron chi connectivity index (χ4n) is 2.21. The van der Waals surface area contributed by atoms with Crippen molar-refractivity contribution in [2.45, 2.75) is 13.3 Å². The quantitative estimate of drug-likeness (QED) is 0.657. The number of nitrogens with two attached hydrogens (primary N) is 1. The summed E-state index contributed by atoms with van der Waals surface area (Å²) in [7, 11) is 0. The van der Waals surface area contributed by atoms with Crippen LogP contribution in [-0.2, 0) is 6.42 Å². The lowest BCUT2D eigenvalue weighted by atomic mass is 9.96. The summed E-state index contributed by atoms with van der Waals surface area (Å²) < 4.78 is 13.5. The first kappa shape index (κ1) is 15.6. The maximum Gasteiger partial charge on any atom is 0.249 e. The average molecular weight is 298 g/mol. The van der Waals surface area contributed by atoms with Gasteiger partial charge in [0, 0.05) is 23.3 Å². The van der Waals surface area contributed by atoms with Gasteiger partial charge >= 0.3 is 0 Å². The molecule has 0 fully saturated rings. The normalized spacial score (nSPS) is 10.3. The largest absolute Gasteiger partial charge is 0.366 e. The summed E-state index contributed by atoms with van der Waals surface area (Å²) in [6, 6.07) is 10.7. The molecule has 2 rings (SSSR count). The van der Waals surface area contributed by atoms with Gasteiger partial charge in [-0.1, -0.05) is 24.3 Å². The molecule has 1 amide bonds. The second-order valence-corrected chi connectivity index (χ2v) is 4.94. The predicted molar refractivity (Wildman–Crippen MR) is 81.9 cm³/mol. The molecular formula is C17H15FN2O2. The second kappa shape index (κ2) is 6.30. The van der Waals surface area contributed by atoms with Crippen LogP contribution in [0.5, 0.6) is 0 Å². The Hall–Kier alpha value is -2.82. The molecule has 5 heteroatoms. The molecule has 0 spiro atoms. The standard InChI is InChI=1S/C17H15FN2O2/c1-10(21)14-8-11(6-7-15(14)18)9-16(19)12-4-2-3-5-13(12)17(20)22/h2-8,19H,9H2,1H3,(H2,20,22). The van der Waals surface area contributed by atoms with E-state index in [0.717, 1.165) is 0 Å². The third kappa shape index (κ3) is 3.25. The maximum atomic E-state index is 13.5. The van der Waals surface area contributed by atoms with Crippen LogP contribution in [0.15, 0.2) is 42.5 Å². The van der Waals surface area contributed by atoms with Crippen molar-refractivity contribution in [3.63, 3.8) is 0 Å². The number of ketones is 1. The van der Waals surface area contributed by atoms with E-state index in [1.165, 1.54) is 25.1 Å². The summed E-state index contributed by atoms with van der Waals surface area (Å²) in [5.41, 5.74) is 6.79. The lowest BCUT2D eigenvalue weighted by Gasteiger charge is -2.09. The van der Waals surface area contributed by atoms with Crippen molar-refractivity contribution in [2.24, 2.45) is 5.73 Å². The van der Waals surface area contributed by atoms with Gasteiger partial charge in [0.05, 0.1) is 5.56 Å². The topological polar surface area (TPSA) is 84.0 Å². The van der Waals surface area contributed by atoms with Crippen molar-refractivity contribution in [1.29, 1.82) is 5.41 Å². The number of hydrogen-bond donors (Lipinski definition) is 2. The van der Waals surface area contributed by atoms with E-state index in [-0.39, 0.29) is 29.0 Å². The highest BCUT2D eigenvalue weighted by Gasteiger charge is 2.14. The highest BCUT2D eigenvalue weighted by atomic mass is 19.1. The summed E-state index contributed by atoms with van der Waals surface area (Å²) >= 11 is 0. The van der Waals surface area contributed by atoms with Crippen molar-refractivity contribution in [3.05, 3.63) is 70.5 Å². The Morgan fingerprint density at radius 1 is 1.09 bits per heavy atom. The van der Waals surface area contributed by atoms with E-state index in [1.54, 1.807) is 24.3 Å². The summed E-state index contributed by atoms with van der Waals surface area (Å²) in [6.07, 6.45) is 0.171. The first-order valence-corrected chi connectivity index (χ1v) is 6.66. The fraction of sp³-hybridized carbons (Fsp3) is 0.118. The molecule has 0 unspecified atom stereocenters. The zero-order chi connectivity index (χ0) is 16.3. The zero-order valence-corrected chi connectivity index (χ0v) is 12.0. The molecule has 0 aliphatic rings. The van der Waals surface area contributed by atoms with Gasteiger partial charge in [0.2, 0.25) is 5.91 Å². The highest BCUT2D eigenvalue weighted by molar-refractivity contribution is 6.09. The molecule has 0 radical (unpaired) electrons. The van der Waals surface area contributed by atoms with Crippen LogP contribution in [0.1, 0.15) is 38.8 Å². The van der Waals surface area contributed by atoms with Gasteiger partial charge in [0.1, 0.15) is 5.82 Å². The molecule has 112 valence electrons. The molecule has 0 saturated carbocycles. The molecule has 0 aliphatic heterocycles. The van der Waals surface area contributed by atoms with Gasteiger partial charge < -0.3 is 11.1 Å². The van der Waals surface area contributed by atoms with Gasteiger partial charge in [0.15, 0.2) is 5.78 Å². The number of benzene rings is 2. The van der Waals surface area contributed by atoms with Crippen LogP contribution in [0.2, 0.25) is 0 Å². The lowest BCUT2D eigenvalue weighted by molar-refractivity contribution is 0.0995. The molecular weight excluding hydrogens is 283 g/mol. The van der Waals surface area contributed by atoms with Crippen LogP contribution >= 0.6 is 0 Å². The van der Waals surface area contributed by atoms with E-state index < -0.39 is 11.7 Å². The van der Waals surface area contributed by atoms with Crippen LogP contribution in [0.3, 0.4) is 0 Å². The van der Waals surface area contributed by atoms with E-state index in [0.29, 0.717) is 11.1 Å². The van der Waals surface area contributed by atoms with Crippen LogP contribution in [-0.4, -0.2) is 17.4 Å². The zero-order valence-electron chi connectivity index (χ0n) is 12.0. The number of halogens is 1. The third-order valence-electron chi connectivity index (χ3n) is 3.31. The Kier molecular flexibility index (Phi) is 4.46. The fourth-order valence-corrected chi connectivity index (χ4v) is 2.21. The summed E-state index contributed by atoms with van der Waals surface area (Å²) in [5.74, 6) is -1.56. The van der Waals surface area contributed by atoms with Gasteiger partial charge in [-0.15, -0.1) is 0 Å². The number of primary amides is 1. The minimum Gasteiger partial charge on any atom is -0.366 e. The van der Waals surface area contributed by atoms with Crippen LogP contribution in [0.4, 0.5) is 4.39 Å². The van der Waals surface area contributed by atoms with Crippen LogP contribution < -0.4 is 5.73 Å². The SMILES string of the molecule is CC(=O)c1cc(CC(=N)c2ccccc2C(N)=O)ccc1F. The molecule has 22 heavy (non-hydrogen) atoms. The molecule has 0 heterocycles. The first-order valence-electron chi connectivity index (χ1n) is 6.66. The Bertz CT molecular complexity index is 769. The molecule has 0 aliphatic carbocycles. The van der Waals surface area contributed by atoms with Crippen molar-refractivity contribution in [3.8, 4) is 0 Å². The molecule has 0 aromatic heterocycles. The molecule has 0 bridgehead atoms. The Morgan fingerprint density at radius 3 is 2.32 bits per heavy atom. The maximum absolute atomic E-state index is 13.5. The summed E-state index contributed by atoms with van der Waals surface area (Å²) in [5, 5.41) is 8.15. The monoisotopic (exact) mass is 298 g/mol. The number of amides is 1. The molecule has 0 atom stereocenters. The summed E-state index contributed by atoms with van der Waals surface area (Å²) in [6.45, 7) is 1.29. The van der Waals surface area contributed by atoms with E-state index in [2.05, 4.69) is 0 Å². The van der Waals surface area contributed by atoms with Crippen molar-refractivity contribution >= 4 is 17.4 Å². The highest BCUT2D eigenvalue weighted by Crippen LogP contribution is 2.16. The number of hydrogen-bond acceptors (Lipinski definition) is 3. The third-order valence-corrected chi connectivity index (χ3v) is 3.31. The lowest BCUT2D eigenvalue weighted by Crippen LogP contribution is -2.17. The number of Topliss-reactive ketones (excluding diaryl/α,β-unsaturated/α-hetero) is 1. The molecule has 2 aromatic carbocycles. The van der Waals surface area contributed by atoms with Crippen LogP contribution in [0.25, 0.3) is 0 Å². The van der Waals surface area contributed by atoms with Crippen molar-refractivity contribution in [2.75, 3.05) is 0 Å². The molecule has 2 aromatic rings. The second-order valence-electron chi connectivity index (χ2n) is 4.94. The van der Waals surface area contributed by atoms with Gasteiger partial charge in [-0.3, -0.25) is 9.59 Å². The minimum absolute atomic E-state index is 0.00603. The van der Waals surface area contributed by atoms with E-state index in [1.807, 2.05) is 0 Å². The van der Waals surface area contributed by atoms with Crippen LogP contribution in [0, 0.1) is 11.2 Å². The Labute approximate surface area is 127 Å². The van der Waals surface area contributed by atoms with Gasteiger partial charge in [-0.25, -0.2) is 4.39 Å². The number of carbonyl (C=O) groups excluding carboxylic acids is 2. The smallest absolute Gasteiger partial charge is 0.249 e. The molecule has 3 N–H and O–H groups in total. The van der Waals surface area contributed by atoms with Gasteiger partial charge in [-0.05, 0) is 30.7 Å². The van der Waals surface area contributed by atoms with Crippen molar-refractivity contribution < 1.29 is 14.0 Å². The predicted octanol–water partition coefficient (Wildman–Crippen LogP) is 2.74. The molecule has 0 saturated heterocycles. The number of nitrogens with one attached hydrogen (secondary N) is 1. The van der Waals surface area contributed by atoms with E-state index in [9.17, 15) is 14.0 Å². The molecule has 4 nitrogen and oxygen atoms in total. The van der Waals surface area contributed by atoms with Gasteiger partial charge in [-0.2, -0.15) is 0 Å². The van der Waals surface area contributed by atoms with Crippen molar-refractivity contribution in [1.82, 2.24) is 0 Å². The van der Waals surface area contributed by atoms with E-state index >= 15 is 0 Å². The Morgan fingerprint density at radius 2 is 1.73 bits per heavy atom. The average Bonchev–Trinajstić information content (AvgIpc) is 2.48. The minimum atomic E-state index is -0.608. The van der Waals surface area contributed by atoms with E-state index in [4.69, 9.17) is 11.1 Å².